The minimum Gasteiger partial charge on any atom is -0.481 e. The first-order valence-corrected chi connectivity index (χ1v) is 4.27. The lowest BCUT2D eigenvalue weighted by atomic mass is 10.1. The van der Waals surface area contributed by atoms with Crippen molar-refractivity contribution in [2.45, 2.75) is 12.8 Å². The summed E-state index contributed by atoms with van der Waals surface area (Å²) in [7, 11) is 0. The van der Waals surface area contributed by atoms with Crippen molar-refractivity contribution in [2.75, 3.05) is 19.8 Å². The summed E-state index contributed by atoms with van der Waals surface area (Å²) in [6.07, 6.45) is 0.707. The van der Waals surface area contributed by atoms with Crippen molar-refractivity contribution in [2.24, 2.45) is 5.92 Å². The average molecular weight is 187 g/mol. The Morgan fingerprint density at radius 3 is 2.85 bits per heavy atom. The predicted octanol–water partition coefficient (Wildman–Crippen LogP) is -0.386. The summed E-state index contributed by atoms with van der Waals surface area (Å²) in [6, 6.07) is 0. The van der Waals surface area contributed by atoms with Crippen molar-refractivity contribution < 1.29 is 19.4 Å². The fourth-order valence-corrected chi connectivity index (χ4v) is 1.18. The molecule has 0 bridgehead atoms. The van der Waals surface area contributed by atoms with Gasteiger partial charge in [0.1, 0.15) is 0 Å². The van der Waals surface area contributed by atoms with Gasteiger partial charge in [-0.1, -0.05) is 0 Å². The number of carbonyl (C=O) groups excluding carboxylic acids is 1. The highest BCUT2D eigenvalue weighted by Gasteiger charge is 2.22. The largest absolute Gasteiger partial charge is 0.481 e. The highest BCUT2D eigenvalue weighted by molar-refractivity contribution is 5.79. The van der Waals surface area contributed by atoms with Gasteiger partial charge in [-0.3, -0.25) is 9.59 Å². The van der Waals surface area contributed by atoms with E-state index in [1.165, 1.54) is 0 Å². The molecule has 0 aliphatic carbocycles. The molecule has 2 N–H and O–H groups in total. The molecule has 0 aromatic carbocycles. The monoisotopic (exact) mass is 187 g/mol. The molecular weight excluding hydrogens is 174 g/mol. The van der Waals surface area contributed by atoms with Gasteiger partial charge < -0.3 is 15.2 Å². The standard InChI is InChI=1S/C8H13NO4/c10-7(11)1-3-9-8(12)6-2-4-13-5-6/h6H,1-5H2,(H,9,12)(H,10,11). The van der Waals surface area contributed by atoms with Crippen LogP contribution in [0.4, 0.5) is 0 Å². The zero-order chi connectivity index (χ0) is 9.68. The quantitative estimate of drug-likeness (QED) is 0.628. The molecule has 1 saturated heterocycles. The van der Waals surface area contributed by atoms with Crippen LogP contribution in [0.1, 0.15) is 12.8 Å². The maximum atomic E-state index is 11.2. The van der Waals surface area contributed by atoms with Crippen molar-refractivity contribution in [3.63, 3.8) is 0 Å². The molecule has 0 aromatic heterocycles. The van der Waals surface area contributed by atoms with Crippen LogP contribution in [0.15, 0.2) is 0 Å². The minimum absolute atomic E-state index is 0.0285. The third-order valence-corrected chi connectivity index (χ3v) is 1.94. The Bertz CT molecular complexity index is 198. The summed E-state index contributed by atoms with van der Waals surface area (Å²) in [5.41, 5.74) is 0. The molecule has 1 aliphatic heterocycles. The van der Waals surface area contributed by atoms with Crippen LogP contribution in [0, 0.1) is 5.92 Å². The van der Waals surface area contributed by atoms with E-state index in [2.05, 4.69) is 5.32 Å². The van der Waals surface area contributed by atoms with Crippen LogP contribution in [-0.4, -0.2) is 36.7 Å². The summed E-state index contributed by atoms with van der Waals surface area (Å²) in [4.78, 5) is 21.4. The molecule has 1 aliphatic rings. The van der Waals surface area contributed by atoms with Crippen molar-refractivity contribution in [1.82, 2.24) is 5.32 Å². The number of carboxylic acid groups (broad SMARTS) is 1. The summed E-state index contributed by atoms with van der Waals surface area (Å²) in [5, 5.41) is 10.9. The Labute approximate surface area is 76.1 Å². The SMILES string of the molecule is O=C(O)CCNC(=O)C1CCOC1. The first-order valence-electron chi connectivity index (χ1n) is 4.27. The molecule has 13 heavy (non-hydrogen) atoms. The zero-order valence-corrected chi connectivity index (χ0v) is 7.28. The average Bonchev–Trinajstić information content (AvgIpc) is 2.55. The van der Waals surface area contributed by atoms with Crippen molar-refractivity contribution in [3.8, 4) is 0 Å². The number of carboxylic acids is 1. The molecule has 1 rings (SSSR count). The van der Waals surface area contributed by atoms with Gasteiger partial charge >= 0.3 is 5.97 Å². The van der Waals surface area contributed by atoms with Crippen LogP contribution in [0.2, 0.25) is 0 Å². The van der Waals surface area contributed by atoms with E-state index in [0.717, 1.165) is 6.42 Å². The lowest BCUT2D eigenvalue weighted by Gasteiger charge is -2.07. The van der Waals surface area contributed by atoms with E-state index in [9.17, 15) is 9.59 Å². The predicted molar refractivity (Wildman–Crippen MR) is 44.2 cm³/mol. The molecule has 1 fully saturated rings. The number of hydrogen-bond acceptors (Lipinski definition) is 3. The van der Waals surface area contributed by atoms with E-state index in [1.807, 2.05) is 0 Å². The second-order valence-electron chi connectivity index (χ2n) is 3.00. The van der Waals surface area contributed by atoms with Gasteiger partial charge in [-0.25, -0.2) is 0 Å². The Balaban J connectivity index is 2.13. The maximum absolute atomic E-state index is 11.2. The van der Waals surface area contributed by atoms with Gasteiger partial charge in [-0.05, 0) is 6.42 Å². The zero-order valence-electron chi connectivity index (χ0n) is 7.28. The van der Waals surface area contributed by atoms with Gasteiger partial charge in [0.2, 0.25) is 5.91 Å². The van der Waals surface area contributed by atoms with Crippen LogP contribution in [0.3, 0.4) is 0 Å². The molecule has 5 heteroatoms. The molecule has 1 amide bonds. The number of nitrogens with one attached hydrogen (secondary N) is 1. The second-order valence-corrected chi connectivity index (χ2v) is 3.00. The highest BCUT2D eigenvalue weighted by Crippen LogP contribution is 2.11. The van der Waals surface area contributed by atoms with E-state index in [4.69, 9.17) is 9.84 Å². The van der Waals surface area contributed by atoms with Gasteiger partial charge in [0.25, 0.3) is 0 Å². The van der Waals surface area contributed by atoms with E-state index < -0.39 is 5.97 Å². The Kier molecular flexibility index (Phi) is 3.70. The molecule has 0 spiro atoms. The molecule has 74 valence electrons. The molecule has 5 nitrogen and oxygen atoms in total. The molecular formula is C8H13NO4. The lowest BCUT2D eigenvalue weighted by Crippen LogP contribution is -2.32. The molecule has 1 unspecified atom stereocenters. The first kappa shape index (κ1) is 9.98. The van der Waals surface area contributed by atoms with Crippen molar-refractivity contribution in [1.29, 1.82) is 0 Å². The Morgan fingerprint density at radius 2 is 2.31 bits per heavy atom. The van der Waals surface area contributed by atoms with Gasteiger partial charge in [0.15, 0.2) is 0 Å². The topological polar surface area (TPSA) is 75.6 Å². The minimum atomic E-state index is -0.900. The maximum Gasteiger partial charge on any atom is 0.305 e. The molecule has 0 radical (unpaired) electrons. The molecule has 1 heterocycles. The fourth-order valence-electron chi connectivity index (χ4n) is 1.18. The number of carbonyl (C=O) groups is 2. The van der Waals surface area contributed by atoms with Crippen molar-refractivity contribution >= 4 is 11.9 Å². The number of hydrogen-bond donors (Lipinski definition) is 2. The van der Waals surface area contributed by atoms with Gasteiger partial charge in [0, 0.05) is 13.2 Å². The Morgan fingerprint density at radius 1 is 1.54 bits per heavy atom. The van der Waals surface area contributed by atoms with Crippen LogP contribution < -0.4 is 5.32 Å². The van der Waals surface area contributed by atoms with Gasteiger partial charge in [-0.15, -0.1) is 0 Å². The lowest BCUT2D eigenvalue weighted by molar-refractivity contribution is -0.137. The number of aliphatic carboxylic acids is 1. The molecule has 0 aromatic rings. The number of ether oxygens (including phenoxy) is 1. The highest BCUT2D eigenvalue weighted by atomic mass is 16.5. The summed E-state index contributed by atoms with van der Waals surface area (Å²) < 4.78 is 5.03. The molecule has 0 saturated carbocycles. The fraction of sp³-hybridized carbons (Fsp3) is 0.750. The second kappa shape index (κ2) is 4.81. The summed E-state index contributed by atoms with van der Waals surface area (Å²) in [5.74, 6) is -1.09. The van der Waals surface area contributed by atoms with Crippen LogP contribution >= 0.6 is 0 Å². The van der Waals surface area contributed by atoms with Crippen molar-refractivity contribution in [3.05, 3.63) is 0 Å². The summed E-state index contributed by atoms with van der Waals surface area (Å²) in [6.45, 7) is 1.28. The third kappa shape index (κ3) is 3.42. The van der Waals surface area contributed by atoms with Gasteiger partial charge in [0.05, 0.1) is 18.9 Å². The number of rotatable bonds is 4. The van der Waals surface area contributed by atoms with Crippen LogP contribution in [0.25, 0.3) is 0 Å². The third-order valence-electron chi connectivity index (χ3n) is 1.94. The smallest absolute Gasteiger partial charge is 0.305 e. The van der Waals surface area contributed by atoms with Gasteiger partial charge in [-0.2, -0.15) is 0 Å². The first-order chi connectivity index (χ1) is 6.20. The Hall–Kier alpha value is -1.10. The number of amides is 1. The van der Waals surface area contributed by atoms with Crippen LogP contribution in [-0.2, 0) is 14.3 Å². The van der Waals surface area contributed by atoms with E-state index in [0.29, 0.717) is 13.2 Å². The molecule has 1 atom stereocenters. The van der Waals surface area contributed by atoms with E-state index in [1.54, 1.807) is 0 Å². The van der Waals surface area contributed by atoms with E-state index >= 15 is 0 Å². The van der Waals surface area contributed by atoms with Crippen LogP contribution in [0.5, 0.6) is 0 Å². The normalized spacial score (nSPS) is 21.4. The summed E-state index contributed by atoms with van der Waals surface area (Å²) >= 11 is 0. The van der Waals surface area contributed by atoms with E-state index in [-0.39, 0.29) is 24.8 Å².